The van der Waals surface area contributed by atoms with Gasteiger partial charge >= 0.3 is 0 Å². The third-order valence-electron chi connectivity index (χ3n) is 6.77. The molecule has 1 aliphatic rings. The fraction of sp³-hybridized carbons (Fsp3) is 0.188. The summed E-state index contributed by atoms with van der Waals surface area (Å²) in [6.07, 6.45) is 3.10. The second-order valence-corrected chi connectivity index (χ2v) is 9.53. The van der Waals surface area contributed by atoms with Gasteiger partial charge in [-0.15, -0.1) is 0 Å². The van der Waals surface area contributed by atoms with Crippen LogP contribution in [0.3, 0.4) is 0 Å². The number of hydrogen-bond donors (Lipinski definition) is 2. The van der Waals surface area contributed by atoms with E-state index in [0.717, 1.165) is 12.1 Å². The molecular weight excluding hydrogens is 502 g/mol. The highest BCUT2D eigenvalue weighted by molar-refractivity contribution is 6.12. The van der Waals surface area contributed by atoms with Gasteiger partial charge in [0.1, 0.15) is 6.54 Å². The molecule has 2 heterocycles. The topological polar surface area (TPSA) is 94.6 Å². The van der Waals surface area contributed by atoms with Crippen LogP contribution in [0, 0.1) is 0 Å². The highest BCUT2D eigenvalue weighted by Gasteiger charge is 2.32. The average molecular weight is 534 g/mol. The Morgan fingerprint density at radius 1 is 0.825 bits per heavy atom. The molecule has 40 heavy (non-hydrogen) atoms. The van der Waals surface area contributed by atoms with Crippen LogP contribution in [-0.2, 0) is 22.4 Å². The number of fused-ring (bicyclic) bond motifs is 1. The quantitative estimate of drug-likeness (QED) is 0.300. The molecule has 1 aliphatic heterocycles. The SMILES string of the molecule is O=C(Nc1ccc2c(c1)N(C(=O)CNCCc1ccccc1)CC(=O)N2CCc1ccccn1)c1ccccc1. The molecule has 0 fully saturated rings. The maximum atomic E-state index is 13.4. The Morgan fingerprint density at radius 2 is 1.57 bits per heavy atom. The fourth-order valence-electron chi connectivity index (χ4n) is 4.69. The molecule has 8 nitrogen and oxygen atoms in total. The highest BCUT2D eigenvalue weighted by atomic mass is 16.2. The van der Waals surface area contributed by atoms with Gasteiger partial charge in [0.25, 0.3) is 5.91 Å². The van der Waals surface area contributed by atoms with E-state index in [-0.39, 0.29) is 30.8 Å². The van der Waals surface area contributed by atoms with Crippen LogP contribution in [0.4, 0.5) is 17.1 Å². The predicted molar refractivity (Wildman–Crippen MR) is 156 cm³/mol. The minimum absolute atomic E-state index is 0.0789. The van der Waals surface area contributed by atoms with Gasteiger partial charge in [0.15, 0.2) is 0 Å². The van der Waals surface area contributed by atoms with Gasteiger partial charge in [-0.05, 0) is 61.0 Å². The van der Waals surface area contributed by atoms with Crippen molar-refractivity contribution in [2.24, 2.45) is 0 Å². The molecule has 0 atom stereocenters. The smallest absolute Gasteiger partial charge is 0.255 e. The summed E-state index contributed by atoms with van der Waals surface area (Å²) in [6, 6.07) is 30.0. The molecule has 202 valence electrons. The first-order valence-corrected chi connectivity index (χ1v) is 13.3. The maximum Gasteiger partial charge on any atom is 0.255 e. The van der Waals surface area contributed by atoms with Crippen molar-refractivity contribution in [3.63, 3.8) is 0 Å². The Bertz CT molecular complexity index is 1460. The van der Waals surface area contributed by atoms with Gasteiger partial charge in [-0.3, -0.25) is 24.3 Å². The van der Waals surface area contributed by atoms with Crippen molar-refractivity contribution in [2.75, 3.05) is 41.3 Å². The molecular formula is C32H31N5O3. The van der Waals surface area contributed by atoms with Crippen LogP contribution in [0.1, 0.15) is 21.6 Å². The number of carbonyl (C=O) groups is 3. The van der Waals surface area contributed by atoms with Crippen molar-refractivity contribution < 1.29 is 14.4 Å². The molecule has 3 aromatic carbocycles. The van der Waals surface area contributed by atoms with E-state index in [1.165, 1.54) is 10.5 Å². The number of carbonyl (C=O) groups excluding carboxylic acids is 3. The van der Waals surface area contributed by atoms with Gasteiger partial charge in [0.05, 0.1) is 17.9 Å². The number of pyridine rings is 1. The predicted octanol–water partition coefficient (Wildman–Crippen LogP) is 4.09. The number of benzene rings is 3. The second-order valence-electron chi connectivity index (χ2n) is 9.53. The van der Waals surface area contributed by atoms with E-state index in [2.05, 4.69) is 15.6 Å². The van der Waals surface area contributed by atoms with Gasteiger partial charge < -0.3 is 15.5 Å². The summed E-state index contributed by atoms with van der Waals surface area (Å²) in [4.78, 5) is 47.0. The number of nitrogens with zero attached hydrogens (tertiary/aromatic N) is 3. The number of nitrogens with one attached hydrogen (secondary N) is 2. The van der Waals surface area contributed by atoms with E-state index >= 15 is 0 Å². The van der Waals surface area contributed by atoms with E-state index < -0.39 is 0 Å². The molecule has 0 bridgehead atoms. The zero-order valence-corrected chi connectivity index (χ0v) is 22.1. The molecule has 1 aromatic heterocycles. The van der Waals surface area contributed by atoms with E-state index in [1.54, 1.807) is 53.6 Å². The van der Waals surface area contributed by atoms with E-state index in [4.69, 9.17) is 0 Å². The first kappa shape index (κ1) is 26.8. The van der Waals surface area contributed by atoms with Crippen LogP contribution in [0.2, 0.25) is 0 Å². The van der Waals surface area contributed by atoms with Crippen molar-refractivity contribution in [1.29, 1.82) is 0 Å². The minimum atomic E-state index is -0.250. The summed E-state index contributed by atoms with van der Waals surface area (Å²) in [7, 11) is 0. The lowest BCUT2D eigenvalue weighted by Crippen LogP contribution is -2.50. The van der Waals surface area contributed by atoms with Gasteiger partial charge in [0.2, 0.25) is 11.8 Å². The Hall–Kier alpha value is -4.82. The van der Waals surface area contributed by atoms with Crippen molar-refractivity contribution in [1.82, 2.24) is 10.3 Å². The summed E-state index contributed by atoms with van der Waals surface area (Å²) in [5.41, 5.74) is 4.35. The summed E-state index contributed by atoms with van der Waals surface area (Å²) in [5.74, 6) is -0.624. The van der Waals surface area contributed by atoms with E-state index in [9.17, 15) is 14.4 Å². The normalized spacial score (nSPS) is 12.7. The standard InChI is InChI=1S/C32H31N5O3/c38-30(22-33-19-16-24-9-3-1-4-10-24)37-23-31(39)36(20-17-26-13-7-8-18-34-26)28-15-14-27(21-29(28)37)35-32(40)25-11-5-2-6-12-25/h1-15,18,21,33H,16-17,19-20,22-23H2,(H,35,40). The molecule has 0 saturated heterocycles. The molecule has 2 N–H and O–H groups in total. The largest absolute Gasteiger partial charge is 0.322 e. The Labute approximate surface area is 233 Å². The fourth-order valence-corrected chi connectivity index (χ4v) is 4.69. The highest BCUT2D eigenvalue weighted by Crippen LogP contribution is 2.36. The molecule has 3 amide bonds. The number of rotatable bonds is 10. The van der Waals surface area contributed by atoms with Crippen LogP contribution in [0.15, 0.2) is 103 Å². The molecule has 8 heteroatoms. The van der Waals surface area contributed by atoms with Gasteiger partial charge in [0, 0.05) is 36.1 Å². The van der Waals surface area contributed by atoms with Crippen molar-refractivity contribution in [3.05, 3.63) is 120 Å². The lowest BCUT2D eigenvalue weighted by molar-refractivity contribution is -0.122. The number of aromatic nitrogens is 1. The summed E-state index contributed by atoms with van der Waals surface area (Å²) in [5, 5.41) is 6.12. The van der Waals surface area contributed by atoms with E-state index in [1.807, 2.05) is 54.6 Å². The van der Waals surface area contributed by atoms with Crippen LogP contribution in [0.5, 0.6) is 0 Å². The lowest BCUT2D eigenvalue weighted by atomic mass is 10.1. The first-order chi connectivity index (χ1) is 19.6. The molecule has 0 radical (unpaired) electrons. The first-order valence-electron chi connectivity index (χ1n) is 13.3. The van der Waals surface area contributed by atoms with Gasteiger partial charge in [-0.1, -0.05) is 54.6 Å². The van der Waals surface area contributed by atoms with Gasteiger partial charge in [-0.25, -0.2) is 0 Å². The number of amides is 3. The van der Waals surface area contributed by atoms with Crippen LogP contribution < -0.4 is 20.4 Å². The zero-order chi connectivity index (χ0) is 27.7. The Kier molecular flexibility index (Phi) is 8.58. The van der Waals surface area contributed by atoms with Crippen molar-refractivity contribution in [2.45, 2.75) is 12.8 Å². The lowest BCUT2D eigenvalue weighted by Gasteiger charge is -2.36. The minimum Gasteiger partial charge on any atom is -0.322 e. The molecule has 0 aliphatic carbocycles. The monoisotopic (exact) mass is 533 g/mol. The third-order valence-corrected chi connectivity index (χ3v) is 6.77. The van der Waals surface area contributed by atoms with Gasteiger partial charge in [-0.2, -0.15) is 0 Å². The summed E-state index contributed by atoms with van der Waals surface area (Å²) in [6.45, 7) is 1.07. The molecule has 4 aromatic rings. The molecule has 5 rings (SSSR count). The van der Waals surface area contributed by atoms with Crippen molar-refractivity contribution >= 4 is 34.8 Å². The van der Waals surface area contributed by atoms with E-state index in [0.29, 0.717) is 42.1 Å². The number of hydrogen-bond acceptors (Lipinski definition) is 5. The summed E-state index contributed by atoms with van der Waals surface area (Å²) >= 11 is 0. The molecule has 0 spiro atoms. The second kappa shape index (κ2) is 12.8. The average Bonchev–Trinajstić information content (AvgIpc) is 3.00. The summed E-state index contributed by atoms with van der Waals surface area (Å²) < 4.78 is 0. The van der Waals surface area contributed by atoms with Crippen LogP contribution in [-0.4, -0.2) is 48.9 Å². The maximum absolute atomic E-state index is 13.4. The van der Waals surface area contributed by atoms with Crippen LogP contribution >= 0.6 is 0 Å². The van der Waals surface area contributed by atoms with Crippen LogP contribution in [0.25, 0.3) is 0 Å². The van der Waals surface area contributed by atoms with Crippen molar-refractivity contribution in [3.8, 4) is 0 Å². The molecule has 0 unspecified atom stereocenters. The Morgan fingerprint density at radius 3 is 2.33 bits per heavy atom. The Balaban J connectivity index is 1.34. The number of anilines is 3. The third kappa shape index (κ3) is 6.59. The molecule has 0 saturated carbocycles. The zero-order valence-electron chi connectivity index (χ0n) is 22.1.